The molecule has 0 fully saturated rings. The number of carboxylic acids is 1. The second-order valence-electron chi connectivity index (χ2n) is 7.66. The Morgan fingerprint density at radius 3 is 2.36 bits per heavy atom. The maximum atomic E-state index is 10.7. The van der Waals surface area contributed by atoms with Crippen molar-refractivity contribution in [3.05, 3.63) is 58.7 Å². The van der Waals surface area contributed by atoms with E-state index in [4.69, 9.17) is 14.9 Å². The third kappa shape index (κ3) is 7.35. The highest BCUT2D eigenvalue weighted by molar-refractivity contribution is 5.81. The van der Waals surface area contributed by atoms with Crippen LogP contribution in [0.3, 0.4) is 0 Å². The van der Waals surface area contributed by atoms with Gasteiger partial charge in [-0.25, -0.2) is 4.79 Å². The number of rotatable bonds is 10. The van der Waals surface area contributed by atoms with Crippen molar-refractivity contribution < 1.29 is 19.7 Å². The van der Waals surface area contributed by atoms with Crippen molar-refractivity contribution in [2.45, 2.75) is 59.8 Å². The molecule has 0 amide bonds. The van der Waals surface area contributed by atoms with Crippen molar-refractivity contribution in [2.24, 2.45) is 0 Å². The molecule has 1 aromatic carbocycles. The molecule has 0 unspecified atom stereocenters. The van der Waals surface area contributed by atoms with E-state index in [9.17, 15) is 4.79 Å². The summed E-state index contributed by atoms with van der Waals surface area (Å²) in [6.45, 7) is 13.0. The van der Waals surface area contributed by atoms with Gasteiger partial charge in [0.15, 0.2) is 0 Å². The molecule has 0 saturated heterocycles. The van der Waals surface area contributed by atoms with Crippen LogP contribution >= 0.6 is 0 Å². The van der Waals surface area contributed by atoms with E-state index in [1.807, 2.05) is 19.1 Å². The summed E-state index contributed by atoms with van der Waals surface area (Å²) in [5, 5.41) is 17.9. The van der Waals surface area contributed by atoms with Crippen LogP contribution in [0.1, 0.15) is 76.5 Å². The summed E-state index contributed by atoms with van der Waals surface area (Å²) >= 11 is 0. The maximum absolute atomic E-state index is 10.7. The lowest BCUT2D eigenvalue weighted by Gasteiger charge is -2.21. The average Bonchev–Trinajstić information content (AvgIpc) is 2.60. The molecule has 0 saturated carbocycles. The van der Waals surface area contributed by atoms with E-state index in [0.717, 1.165) is 22.4 Å². The van der Waals surface area contributed by atoms with Crippen molar-refractivity contribution in [2.75, 3.05) is 13.2 Å². The van der Waals surface area contributed by atoms with Crippen LogP contribution in [0.2, 0.25) is 0 Å². The van der Waals surface area contributed by atoms with Crippen LogP contribution in [-0.4, -0.2) is 29.4 Å². The van der Waals surface area contributed by atoms with Crippen LogP contribution in [0, 0.1) is 0 Å². The molecule has 0 radical (unpaired) electrons. The predicted octanol–water partition coefficient (Wildman–Crippen LogP) is 5.69. The monoisotopic (exact) mass is 386 g/mol. The number of carboxylic acid groups (broad SMARTS) is 1. The van der Waals surface area contributed by atoms with Crippen LogP contribution in [0.5, 0.6) is 5.75 Å². The zero-order valence-corrected chi connectivity index (χ0v) is 18.0. The minimum atomic E-state index is -0.950. The van der Waals surface area contributed by atoms with Gasteiger partial charge in [-0.2, -0.15) is 0 Å². The molecule has 0 aromatic heterocycles. The molecule has 0 aliphatic carbocycles. The van der Waals surface area contributed by atoms with E-state index in [2.05, 4.69) is 39.8 Å². The molecule has 4 heteroatoms. The molecule has 0 atom stereocenters. The second kappa shape index (κ2) is 11.5. The lowest BCUT2D eigenvalue weighted by Crippen LogP contribution is -2.07. The highest BCUT2D eigenvalue weighted by atomic mass is 16.5. The Balaban J connectivity index is 3.40. The number of ether oxygens (including phenoxy) is 1. The van der Waals surface area contributed by atoms with Gasteiger partial charge in [-0.05, 0) is 54.0 Å². The number of hydrogen-bond donors (Lipinski definition) is 2. The highest BCUT2D eigenvalue weighted by Gasteiger charge is 2.17. The Hall–Kier alpha value is -2.33. The Labute approximate surface area is 169 Å². The average molecular weight is 387 g/mol. The van der Waals surface area contributed by atoms with Crippen LogP contribution < -0.4 is 4.74 Å². The molecule has 2 N–H and O–H groups in total. The first-order chi connectivity index (χ1) is 13.2. The van der Waals surface area contributed by atoms with Crippen LogP contribution in [0.4, 0.5) is 0 Å². The summed E-state index contributed by atoms with van der Waals surface area (Å²) in [5.41, 5.74) is 5.18. The van der Waals surface area contributed by atoms with Crippen molar-refractivity contribution in [3.8, 4) is 5.75 Å². The topological polar surface area (TPSA) is 66.8 Å². The van der Waals surface area contributed by atoms with E-state index in [1.54, 1.807) is 13.0 Å². The zero-order chi connectivity index (χ0) is 21.3. The smallest absolute Gasteiger partial charge is 0.328 e. The fourth-order valence-electron chi connectivity index (χ4n) is 2.81. The predicted molar refractivity (Wildman–Crippen MR) is 116 cm³/mol. The number of hydrogen-bond acceptors (Lipinski definition) is 3. The van der Waals surface area contributed by atoms with Gasteiger partial charge in [0.1, 0.15) is 5.75 Å². The van der Waals surface area contributed by atoms with E-state index in [1.165, 1.54) is 11.6 Å². The molecule has 1 rings (SSSR count). The van der Waals surface area contributed by atoms with Crippen LogP contribution in [0.15, 0.2) is 42.0 Å². The van der Waals surface area contributed by atoms with Crippen molar-refractivity contribution in [1.82, 2.24) is 0 Å². The summed E-state index contributed by atoms with van der Waals surface area (Å²) in [7, 11) is 0. The number of aliphatic carboxylic acids is 1. The normalized spacial score (nSPS) is 13.0. The molecule has 0 heterocycles. The minimum Gasteiger partial charge on any atom is -0.493 e. The number of aliphatic hydroxyl groups excluding tert-OH is 1. The standard InChI is InChI=1S/C24H34O4/c1-16(2)20-14-21(17(3)4)24(28-12-8-11-25)22(15-20)19(6)10-7-9-18(5)13-23(26)27/h7,9-10,13-17,25H,8,11-12H2,1-6H3,(H,26,27)/b9-7+,18-13+,19-10-. The molecule has 0 spiro atoms. The molecule has 4 nitrogen and oxygen atoms in total. The van der Waals surface area contributed by atoms with Crippen LogP contribution in [-0.2, 0) is 4.79 Å². The molecule has 154 valence electrons. The number of benzene rings is 1. The summed E-state index contributed by atoms with van der Waals surface area (Å²) in [6, 6.07) is 4.39. The zero-order valence-electron chi connectivity index (χ0n) is 18.0. The lowest BCUT2D eigenvalue weighted by atomic mass is 9.89. The van der Waals surface area contributed by atoms with E-state index >= 15 is 0 Å². The molecular formula is C24H34O4. The Morgan fingerprint density at radius 2 is 1.82 bits per heavy atom. The molecule has 0 aliphatic heterocycles. The van der Waals surface area contributed by atoms with E-state index in [-0.39, 0.29) is 6.61 Å². The van der Waals surface area contributed by atoms with Gasteiger partial charge >= 0.3 is 5.97 Å². The number of aliphatic hydroxyl groups is 1. The summed E-state index contributed by atoms with van der Waals surface area (Å²) in [6.07, 6.45) is 7.38. The van der Waals surface area contributed by atoms with Gasteiger partial charge in [-0.1, -0.05) is 52.0 Å². The Bertz CT molecular complexity index is 752. The van der Waals surface area contributed by atoms with Gasteiger partial charge in [0.25, 0.3) is 0 Å². The van der Waals surface area contributed by atoms with Gasteiger partial charge in [-0.3, -0.25) is 0 Å². The van der Waals surface area contributed by atoms with Gasteiger partial charge in [0.2, 0.25) is 0 Å². The first-order valence-corrected chi connectivity index (χ1v) is 9.85. The molecular weight excluding hydrogens is 352 g/mol. The molecule has 0 bridgehead atoms. The van der Waals surface area contributed by atoms with Crippen molar-refractivity contribution >= 4 is 11.5 Å². The maximum Gasteiger partial charge on any atom is 0.328 e. The molecule has 1 aromatic rings. The van der Waals surface area contributed by atoms with E-state index in [0.29, 0.717) is 30.4 Å². The fraction of sp³-hybridized carbons (Fsp3) is 0.458. The van der Waals surface area contributed by atoms with Gasteiger partial charge in [-0.15, -0.1) is 0 Å². The SMILES string of the molecule is C/C(=C/C=C/C(C)=C/C(=O)O)c1cc(C(C)C)cc(C(C)C)c1OCCCO. The first-order valence-electron chi connectivity index (χ1n) is 9.85. The third-order valence-corrected chi connectivity index (χ3v) is 4.46. The minimum absolute atomic E-state index is 0.100. The highest BCUT2D eigenvalue weighted by Crippen LogP contribution is 2.37. The molecule has 0 aliphatic rings. The summed E-state index contributed by atoms with van der Waals surface area (Å²) in [4.78, 5) is 10.7. The summed E-state index contributed by atoms with van der Waals surface area (Å²) < 4.78 is 6.09. The largest absolute Gasteiger partial charge is 0.493 e. The Morgan fingerprint density at radius 1 is 1.14 bits per heavy atom. The van der Waals surface area contributed by atoms with Crippen LogP contribution in [0.25, 0.3) is 5.57 Å². The van der Waals surface area contributed by atoms with Crippen molar-refractivity contribution in [3.63, 3.8) is 0 Å². The quantitative estimate of drug-likeness (QED) is 0.308. The first kappa shape index (κ1) is 23.7. The van der Waals surface area contributed by atoms with Gasteiger partial charge in [0.05, 0.1) is 6.61 Å². The lowest BCUT2D eigenvalue weighted by molar-refractivity contribution is -0.131. The third-order valence-electron chi connectivity index (χ3n) is 4.46. The molecule has 28 heavy (non-hydrogen) atoms. The number of allylic oxidation sites excluding steroid dienone is 5. The number of carbonyl (C=O) groups is 1. The summed E-state index contributed by atoms with van der Waals surface area (Å²) in [5.74, 6) is 0.624. The van der Waals surface area contributed by atoms with Gasteiger partial charge in [0, 0.05) is 24.7 Å². The van der Waals surface area contributed by atoms with E-state index < -0.39 is 5.97 Å². The van der Waals surface area contributed by atoms with Crippen molar-refractivity contribution in [1.29, 1.82) is 0 Å². The van der Waals surface area contributed by atoms with Gasteiger partial charge < -0.3 is 14.9 Å². The fourth-order valence-corrected chi connectivity index (χ4v) is 2.81. The second-order valence-corrected chi connectivity index (χ2v) is 7.66. The Kier molecular flexibility index (Phi) is 9.74.